The average Bonchev–Trinajstić information content (AvgIpc) is 2.31. The third kappa shape index (κ3) is 2.95. The van der Waals surface area contributed by atoms with Gasteiger partial charge in [0.2, 0.25) is 0 Å². The minimum atomic E-state index is -0.0104. The van der Waals surface area contributed by atoms with Crippen molar-refractivity contribution in [3.05, 3.63) is 24.0 Å². The molecular weight excluding hydrogens is 200 g/mol. The number of nitrogens with two attached hydrogens (primary N) is 1. The number of hydrogen-bond acceptors (Lipinski definition) is 3. The molecular formula is C13H20N2O. The monoisotopic (exact) mass is 220 g/mol. The van der Waals surface area contributed by atoms with Crippen LogP contribution in [0.5, 0.6) is 5.75 Å². The molecule has 1 fully saturated rings. The van der Waals surface area contributed by atoms with Gasteiger partial charge in [-0.3, -0.25) is 4.98 Å². The van der Waals surface area contributed by atoms with Gasteiger partial charge in [0, 0.05) is 6.04 Å². The Kier molecular flexibility index (Phi) is 3.78. The van der Waals surface area contributed by atoms with Crippen LogP contribution in [0.2, 0.25) is 0 Å². The summed E-state index contributed by atoms with van der Waals surface area (Å²) in [5.41, 5.74) is 6.66. The molecule has 1 aliphatic rings. The number of ether oxygens (including phenoxy) is 1. The second-order valence-corrected chi connectivity index (χ2v) is 4.59. The molecule has 0 saturated heterocycles. The third-order valence-electron chi connectivity index (χ3n) is 3.08. The van der Waals surface area contributed by atoms with E-state index in [0.717, 1.165) is 11.4 Å². The zero-order valence-electron chi connectivity index (χ0n) is 9.86. The van der Waals surface area contributed by atoms with Crippen LogP contribution in [0.4, 0.5) is 0 Å². The van der Waals surface area contributed by atoms with E-state index in [4.69, 9.17) is 10.5 Å². The Morgan fingerprint density at radius 2 is 2.06 bits per heavy atom. The van der Waals surface area contributed by atoms with Gasteiger partial charge >= 0.3 is 0 Å². The van der Waals surface area contributed by atoms with Crippen LogP contribution in [0, 0.1) is 0 Å². The number of aromatic nitrogens is 1. The van der Waals surface area contributed by atoms with Crippen molar-refractivity contribution < 1.29 is 4.74 Å². The van der Waals surface area contributed by atoms with Crippen molar-refractivity contribution in [3.63, 3.8) is 0 Å². The summed E-state index contributed by atoms with van der Waals surface area (Å²) in [5.74, 6) is 0.872. The highest BCUT2D eigenvalue weighted by molar-refractivity contribution is 5.21. The van der Waals surface area contributed by atoms with E-state index in [1.165, 1.54) is 32.1 Å². The molecule has 2 N–H and O–H groups in total. The second-order valence-electron chi connectivity index (χ2n) is 4.59. The Balaban J connectivity index is 1.93. The first-order valence-electron chi connectivity index (χ1n) is 6.14. The lowest BCUT2D eigenvalue weighted by molar-refractivity contribution is 0.154. The van der Waals surface area contributed by atoms with Crippen molar-refractivity contribution in [1.29, 1.82) is 0 Å². The molecule has 1 aromatic heterocycles. The largest absolute Gasteiger partial charge is 0.489 e. The minimum Gasteiger partial charge on any atom is -0.489 e. The van der Waals surface area contributed by atoms with Crippen LogP contribution in [0.3, 0.4) is 0 Å². The summed E-state index contributed by atoms with van der Waals surface area (Å²) in [5, 5.41) is 0. The Morgan fingerprint density at radius 1 is 1.31 bits per heavy atom. The van der Waals surface area contributed by atoms with Gasteiger partial charge in [0.05, 0.1) is 18.0 Å². The molecule has 2 rings (SSSR count). The van der Waals surface area contributed by atoms with E-state index in [9.17, 15) is 0 Å². The molecule has 0 radical (unpaired) electrons. The zero-order chi connectivity index (χ0) is 11.4. The van der Waals surface area contributed by atoms with Crippen molar-refractivity contribution in [2.75, 3.05) is 0 Å². The predicted octanol–water partition coefficient (Wildman–Crippen LogP) is 2.81. The zero-order valence-corrected chi connectivity index (χ0v) is 9.86. The van der Waals surface area contributed by atoms with E-state index < -0.39 is 0 Å². The molecule has 1 aromatic rings. The molecule has 3 heteroatoms. The van der Waals surface area contributed by atoms with Crippen molar-refractivity contribution in [2.45, 2.75) is 51.2 Å². The first-order chi connectivity index (χ1) is 7.75. The van der Waals surface area contributed by atoms with Gasteiger partial charge in [0.15, 0.2) is 0 Å². The number of pyridine rings is 1. The number of hydrogen-bond donors (Lipinski definition) is 1. The fraction of sp³-hybridized carbons (Fsp3) is 0.615. The first kappa shape index (κ1) is 11.4. The lowest BCUT2D eigenvalue weighted by atomic mass is 9.98. The molecule has 0 aliphatic heterocycles. The topological polar surface area (TPSA) is 48.1 Å². The highest BCUT2D eigenvalue weighted by Gasteiger charge is 2.14. The van der Waals surface area contributed by atoms with E-state index in [1.807, 2.05) is 19.1 Å². The van der Waals surface area contributed by atoms with E-state index in [-0.39, 0.29) is 6.04 Å². The van der Waals surface area contributed by atoms with Gasteiger partial charge in [0.1, 0.15) is 5.75 Å². The van der Waals surface area contributed by atoms with Gasteiger partial charge in [-0.25, -0.2) is 0 Å². The summed E-state index contributed by atoms with van der Waals surface area (Å²) in [7, 11) is 0. The third-order valence-corrected chi connectivity index (χ3v) is 3.08. The summed E-state index contributed by atoms with van der Waals surface area (Å²) in [6.45, 7) is 1.93. The van der Waals surface area contributed by atoms with Crippen LogP contribution >= 0.6 is 0 Å². The van der Waals surface area contributed by atoms with E-state index in [2.05, 4.69) is 4.98 Å². The van der Waals surface area contributed by atoms with Crippen molar-refractivity contribution in [1.82, 2.24) is 4.98 Å². The summed E-state index contributed by atoms with van der Waals surface area (Å²) >= 11 is 0. The fourth-order valence-electron chi connectivity index (χ4n) is 2.11. The maximum absolute atomic E-state index is 5.89. The standard InChI is InChI=1S/C13H20N2O/c1-10(14)13-8-7-12(9-15-13)16-11-5-3-2-4-6-11/h7-11H,2-6,14H2,1H3. The van der Waals surface area contributed by atoms with E-state index in [0.29, 0.717) is 6.10 Å². The number of rotatable bonds is 3. The molecule has 0 aromatic carbocycles. The van der Waals surface area contributed by atoms with Gasteiger partial charge in [-0.05, 0) is 44.7 Å². The van der Waals surface area contributed by atoms with Crippen LogP contribution in [0.25, 0.3) is 0 Å². The average molecular weight is 220 g/mol. The molecule has 1 heterocycles. The van der Waals surface area contributed by atoms with Crippen LogP contribution < -0.4 is 10.5 Å². The molecule has 0 bridgehead atoms. The molecule has 1 saturated carbocycles. The summed E-state index contributed by atoms with van der Waals surface area (Å²) in [4.78, 5) is 4.29. The molecule has 16 heavy (non-hydrogen) atoms. The van der Waals surface area contributed by atoms with E-state index >= 15 is 0 Å². The van der Waals surface area contributed by atoms with Gasteiger partial charge in [-0.1, -0.05) is 6.42 Å². The van der Waals surface area contributed by atoms with Crippen molar-refractivity contribution in [3.8, 4) is 5.75 Å². The SMILES string of the molecule is CC(N)c1ccc(OC2CCCCC2)cn1. The molecule has 1 aliphatic carbocycles. The van der Waals surface area contributed by atoms with Gasteiger partial charge in [-0.2, -0.15) is 0 Å². The molecule has 0 amide bonds. The van der Waals surface area contributed by atoms with Crippen LogP contribution in [0.1, 0.15) is 50.8 Å². The summed E-state index contributed by atoms with van der Waals surface area (Å²) < 4.78 is 5.89. The maximum atomic E-state index is 5.89. The predicted molar refractivity (Wildman–Crippen MR) is 64.3 cm³/mol. The number of nitrogens with zero attached hydrogens (tertiary/aromatic N) is 1. The molecule has 1 atom stereocenters. The minimum absolute atomic E-state index is 0.0104. The lowest BCUT2D eigenvalue weighted by Gasteiger charge is -2.22. The Hall–Kier alpha value is -1.09. The van der Waals surface area contributed by atoms with Crippen LogP contribution in [-0.2, 0) is 0 Å². The van der Waals surface area contributed by atoms with Crippen molar-refractivity contribution in [2.24, 2.45) is 5.73 Å². The smallest absolute Gasteiger partial charge is 0.138 e. The Bertz CT molecular complexity index is 315. The molecule has 1 unspecified atom stereocenters. The molecule has 0 spiro atoms. The molecule has 3 nitrogen and oxygen atoms in total. The van der Waals surface area contributed by atoms with E-state index in [1.54, 1.807) is 6.20 Å². The highest BCUT2D eigenvalue weighted by atomic mass is 16.5. The van der Waals surface area contributed by atoms with Crippen LogP contribution in [-0.4, -0.2) is 11.1 Å². The summed E-state index contributed by atoms with van der Waals surface area (Å²) in [6.07, 6.45) is 8.45. The fourth-order valence-corrected chi connectivity index (χ4v) is 2.11. The van der Waals surface area contributed by atoms with Gasteiger partial charge < -0.3 is 10.5 Å². The molecule has 88 valence electrons. The first-order valence-corrected chi connectivity index (χ1v) is 6.14. The van der Waals surface area contributed by atoms with Crippen LogP contribution in [0.15, 0.2) is 18.3 Å². The maximum Gasteiger partial charge on any atom is 0.138 e. The quantitative estimate of drug-likeness (QED) is 0.852. The highest BCUT2D eigenvalue weighted by Crippen LogP contribution is 2.23. The van der Waals surface area contributed by atoms with Crippen molar-refractivity contribution >= 4 is 0 Å². The lowest BCUT2D eigenvalue weighted by Crippen LogP contribution is -2.19. The summed E-state index contributed by atoms with van der Waals surface area (Å²) in [6, 6.07) is 3.91. The Labute approximate surface area is 97.0 Å². The second kappa shape index (κ2) is 5.30. The normalized spacial score (nSPS) is 19.4. The van der Waals surface area contributed by atoms with Gasteiger partial charge in [-0.15, -0.1) is 0 Å². The Morgan fingerprint density at radius 3 is 2.62 bits per heavy atom. The van der Waals surface area contributed by atoms with Gasteiger partial charge in [0.25, 0.3) is 0 Å².